The van der Waals surface area contributed by atoms with E-state index in [9.17, 15) is 9.90 Å². The molecule has 0 saturated carbocycles. The smallest absolute Gasteiger partial charge is 0.337 e. The fourth-order valence-corrected chi connectivity index (χ4v) is 2.34. The van der Waals surface area contributed by atoms with Crippen molar-refractivity contribution < 1.29 is 9.90 Å². The van der Waals surface area contributed by atoms with Gasteiger partial charge in [0.05, 0.1) is 11.1 Å². The van der Waals surface area contributed by atoms with Crippen LogP contribution >= 0.6 is 0 Å². The predicted molar refractivity (Wildman–Crippen MR) is 68.7 cm³/mol. The number of hydrogen-bond donors (Lipinski definition) is 1. The van der Waals surface area contributed by atoms with E-state index in [0.717, 1.165) is 16.5 Å². The SMILES string of the molecule is Cc1cc(C(C)C)c2c(c1)c(C(=O)O)cn2C. The van der Waals surface area contributed by atoms with Gasteiger partial charge in [-0.1, -0.05) is 25.5 Å². The fourth-order valence-electron chi connectivity index (χ4n) is 2.34. The van der Waals surface area contributed by atoms with Crippen molar-refractivity contribution in [2.24, 2.45) is 7.05 Å². The molecule has 0 spiro atoms. The van der Waals surface area contributed by atoms with Crippen molar-refractivity contribution in [3.05, 3.63) is 35.0 Å². The first kappa shape index (κ1) is 11.7. The molecule has 1 aromatic heterocycles. The molecule has 17 heavy (non-hydrogen) atoms. The minimum Gasteiger partial charge on any atom is -0.478 e. The second-order valence-electron chi connectivity index (χ2n) is 4.86. The van der Waals surface area contributed by atoms with E-state index in [1.54, 1.807) is 6.20 Å². The summed E-state index contributed by atoms with van der Waals surface area (Å²) >= 11 is 0. The molecule has 0 saturated heterocycles. The van der Waals surface area contributed by atoms with E-state index in [1.807, 2.05) is 24.6 Å². The van der Waals surface area contributed by atoms with Crippen LogP contribution in [0.4, 0.5) is 0 Å². The maximum atomic E-state index is 11.2. The Bertz CT molecular complexity index is 594. The summed E-state index contributed by atoms with van der Waals surface area (Å²) in [4.78, 5) is 11.2. The van der Waals surface area contributed by atoms with Crippen LogP contribution in [0.25, 0.3) is 10.9 Å². The molecule has 0 unspecified atom stereocenters. The van der Waals surface area contributed by atoms with Crippen molar-refractivity contribution in [1.29, 1.82) is 0 Å². The quantitative estimate of drug-likeness (QED) is 0.861. The highest BCUT2D eigenvalue weighted by molar-refractivity contribution is 6.04. The van der Waals surface area contributed by atoms with Gasteiger partial charge in [0.1, 0.15) is 0 Å². The van der Waals surface area contributed by atoms with E-state index in [0.29, 0.717) is 11.5 Å². The molecular formula is C14H17NO2. The highest BCUT2D eigenvalue weighted by Crippen LogP contribution is 2.30. The van der Waals surface area contributed by atoms with Gasteiger partial charge in [0, 0.05) is 18.6 Å². The standard InChI is InChI=1S/C14H17NO2/c1-8(2)10-5-9(3)6-11-12(14(16)17)7-15(4)13(10)11/h5-8H,1-4H3,(H,16,17). The van der Waals surface area contributed by atoms with Crippen molar-refractivity contribution in [3.63, 3.8) is 0 Å². The Morgan fingerprint density at radius 3 is 2.53 bits per heavy atom. The Hall–Kier alpha value is -1.77. The Morgan fingerprint density at radius 1 is 1.35 bits per heavy atom. The largest absolute Gasteiger partial charge is 0.478 e. The number of fused-ring (bicyclic) bond motifs is 1. The molecular weight excluding hydrogens is 214 g/mol. The first-order valence-electron chi connectivity index (χ1n) is 5.74. The summed E-state index contributed by atoms with van der Waals surface area (Å²) in [5, 5.41) is 10.0. The van der Waals surface area contributed by atoms with Crippen molar-refractivity contribution in [2.75, 3.05) is 0 Å². The van der Waals surface area contributed by atoms with Crippen molar-refractivity contribution in [2.45, 2.75) is 26.7 Å². The van der Waals surface area contributed by atoms with Crippen molar-refractivity contribution in [3.8, 4) is 0 Å². The van der Waals surface area contributed by atoms with Gasteiger partial charge in [-0.2, -0.15) is 0 Å². The number of carbonyl (C=O) groups is 1. The summed E-state index contributed by atoms with van der Waals surface area (Å²) in [7, 11) is 1.90. The molecule has 3 nitrogen and oxygen atoms in total. The van der Waals surface area contributed by atoms with Gasteiger partial charge in [-0.25, -0.2) is 4.79 Å². The lowest BCUT2D eigenvalue weighted by atomic mass is 9.97. The molecule has 0 aliphatic rings. The molecule has 1 N–H and O–H groups in total. The molecule has 0 aliphatic carbocycles. The van der Waals surface area contributed by atoms with Crippen LogP contribution < -0.4 is 0 Å². The zero-order valence-electron chi connectivity index (χ0n) is 10.6. The van der Waals surface area contributed by atoms with E-state index in [4.69, 9.17) is 0 Å². The predicted octanol–water partition coefficient (Wildman–Crippen LogP) is 3.31. The molecule has 0 aliphatic heterocycles. The lowest BCUT2D eigenvalue weighted by Crippen LogP contribution is -1.96. The summed E-state index contributed by atoms with van der Waals surface area (Å²) < 4.78 is 1.91. The molecule has 0 amide bonds. The second-order valence-corrected chi connectivity index (χ2v) is 4.86. The van der Waals surface area contributed by atoms with Gasteiger partial charge < -0.3 is 9.67 Å². The maximum Gasteiger partial charge on any atom is 0.337 e. The summed E-state index contributed by atoms with van der Waals surface area (Å²) in [6, 6.07) is 4.09. The summed E-state index contributed by atoms with van der Waals surface area (Å²) in [5.41, 5.74) is 3.72. The Kier molecular flexibility index (Phi) is 2.69. The normalized spacial score (nSPS) is 11.4. The van der Waals surface area contributed by atoms with Crippen molar-refractivity contribution in [1.82, 2.24) is 4.57 Å². The number of aryl methyl sites for hydroxylation is 2. The molecule has 0 atom stereocenters. The van der Waals surface area contributed by atoms with Gasteiger partial charge in [-0.05, 0) is 24.5 Å². The van der Waals surface area contributed by atoms with Crippen LogP contribution in [0.5, 0.6) is 0 Å². The first-order valence-corrected chi connectivity index (χ1v) is 5.74. The molecule has 1 heterocycles. The molecule has 1 aromatic carbocycles. The fraction of sp³-hybridized carbons (Fsp3) is 0.357. The zero-order chi connectivity index (χ0) is 12.7. The van der Waals surface area contributed by atoms with Crippen LogP contribution in [-0.2, 0) is 7.05 Å². The lowest BCUT2D eigenvalue weighted by molar-refractivity contribution is 0.0699. The van der Waals surface area contributed by atoms with E-state index >= 15 is 0 Å². The average molecular weight is 231 g/mol. The number of nitrogens with zero attached hydrogens (tertiary/aromatic N) is 1. The van der Waals surface area contributed by atoms with Crippen LogP contribution in [0.3, 0.4) is 0 Å². The van der Waals surface area contributed by atoms with Gasteiger partial charge in [0.15, 0.2) is 0 Å². The third kappa shape index (κ3) is 1.82. The summed E-state index contributed by atoms with van der Waals surface area (Å²) in [6.07, 6.45) is 1.69. The zero-order valence-corrected chi connectivity index (χ0v) is 10.6. The third-order valence-electron chi connectivity index (χ3n) is 3.10. The number of aromatic nitrogens is 1. The number of hydrogen-bond acceptors (Lipinski definition) is 1. The lowest BCUT2D eigenvalue weighted by Gasteiger charge is -2.11. The van der Waals surface area contributed by atoms with Crippen LogP contribution in [0, 0.1) is 6.92 Å². The van der Waals surface area contributed by atoms with Gasteiger partial charge >= 0.3 is 5.97 Å². The van der Waals surface area contributed by atoms with E-state index < -0.39 is 5.97 Å². The Balaban J connectivity index is 2.90. The molecule has 2 aromatic rings. The van der Waals surface area contributed by atoms with Crippen LogP contribution in [0.2, 0.25) is 0 Å². The molecule has 0 radical (unpaired) electrons. The average Bonchev–Trinajstić information content (AvgIpc) is 2.54. The number of aromatic carboxylic acids is 1. The highest BCUT2D eigenvalue weighted by atomic mass is 16.4. The van der Waals surface area contributed by atoms with E-state index in [1.165, 1.54) is 5.56 Å². The van der Waals surface area contributed by atoms with Gasteiger partial charge in [0.25, 0.3) is 0 Å². The van der Waals surface area contributed by atoms with Crippen LogP contribution in [0.15, 0.2) is 18.3 Å². The third-order valence-corrected chi connectivity index (χ3v) is 3.10. The highest BCUT2D eigenvalue weighted by Gasteiger charge is 2.17. The first-order chi connectivity index (χ1) is 7.91. The topological polar surface area (TPSA) is 42.2 Å². The molecule has 0 fully saturated rings. The molecule has 0 bridgehead atoms. The number of benzene rings is 1. The van der Waals surface area contributed by atoms with Crippen LogP contribution in [-0.4, -0.2) is 15.6 Å². The Labute approximate surface area is 101 Å². The molecule has 2 rings (SSSR count). The summed E-state index contributed by atoms with van der Waals surface area (Å²) in [5.74, 6) is -0.483. The number of carboxylic acid groups (broad SMARTS) is 1. The van der Waals surface area contributed by atoms with Gasteiger partial charge in [-0.3, -0.25) is 0 Å². The summed E-state index contributed by atoms with van der Waals surface area (Å²) in [6.45, 7) is 6.26. The van der Waals surface area contributed by atoms with Crippen molar-refractivity contribution >= 4 is 16.9 Å². The van der Waals surface area contributed by atoms with Gasteiger partial charge in [0.2, 0.25) is 0 Å². The van der Waals surface area contributed by atoms with Gasteiger partial charge in [-0.15, -0.1) is 0 Å². The molecule has 3 heteroatoms. The number of carboxylic acids is 1. The number of rotatable bonds is 2. The van der Waals surface area contributed by atoms with E-state index in [-0.39, 0.29) is 0 Å². The maximum absolute atomic E-state index is 11.2. The monoisotopic (exact) mass is 231 g/mol. The minimum atomic E-state index is -0.865. The minimum absolute atomic E-state index is 0.382. The second kappa shape index (κ2) is 3.91. The Morgan fingerprint density at radius 2 is 2.00 bits per heavy atom. The van der Waals surface area contributed by atoms with E-state index in [2.05, 4.69) is 19.9 Å². The van der Waals surface area contributed by atoms with Crippen LogP contribution in [0.1, 0.15) is 41.3 Å². The molecule has 90 valence electrons.